The van der Waals surface area contributed by atoms with Crippen LogP contribution >= 0.6 is 22.7 Å². The average Bonchev–Trinajstić information content (AvgIpc) is 2.86. The van der Waals surface area contributed by atoms with E-state index in [1.54, 1.807) is 17.4 Å². The third-order valence-electron chi connectivity index (χ3n) is 1.82. The molecule has 0 bridgehead atoms. The van der Waals surface area contributed by atoms with Crippen molar-refractivity contribution in [3.05, 3.63) is 44.0 Å². The Balaban J connectivity index is 1.96. The maximum absolute atomic E-state index is 10.4. The Bertz CT molecular complexity index is 450. The van der Waals surface area contributed by atoms with Crippen molar-refractivity contribution in [2.75, 3.05) is 5.32 Å². The summed E-state index contributed by atoms with van der Waals surface area (Å²) >= 11 is 2.82. The van der Waals surface area contributed by atoms with Gasteiger partial charge >= 0.3 is 5.00 Å². The fourth-order valence-electron chi connectivity index (χ4n) is 1.11. The largest absolute Gasteiger partial charge is 0.379 e. The minimum Gasteiger partial charge on any atom is -0.379 e. The van der Waals surface area contributed by atoms with Gasteiger partial charge < -0.3 is 5.32 Å². The van der Waals surface area contributed by atoms with Gasteiger partial charge in [0, 0.05) is 28.6 Å². The normalized spacial score (nSPS) is 10.1. The molecule has 4 nitrogen and oxygen atoms in total. The predicted molar refractivity (Wildman–Crippen MR) is 62.6 cm³/mol. The van der Waals surface area contributed by atoms with Crippen LogP contribution in [-0.2, 0) is 6.54 Å². The third kappa shape index (κ3) is 2.54. The van der Waals surface area contributed by atoms with Crippen molar-refractivity contribution in [3.63, 3.8) is 0 Å². The van der Waals surface area contributed by atoms with Crippen LogP contribution < -0.4 is 5.32 Å². The molecule has 2 heterocycles. The van der Waals surface area contributed by atoms with Gasteiger partial charge in [0.25, 0.3) is 0 Å². The van der Waals surface area contributed by atoms with Crippen LogP contribution in [0, 0.1) is 10.1 Å². The quantitative estimate of drug-likeness (QED) is 0.658. The summed E-state index contributed by atoms with van der Waals surface area (Å²) in [6.45, 7) is 0.634. The molecule has 0 fully saturated rings. The van der Waals surface area contributed by atoms with E-state index in [9.17, 15) is 10.1 Å². The summed E-state index contributed by atoms with van der Waals surface area (Å²) in [5.41, 5.74) is 1.05. The van der Waals surface area contributed by atoms with Crippen LogP contribution in [0.15, 0.2) is 29.0 Å². The van der Waals surface area contributed by atoms with E-state index >= 15 is 0 Å². The summed E-state index contributed by atoms with van der Waals surface area (Å²) in [7, 11) is 0. The molecule has 0 amide bonds. The molecule has 6 heteroatoms. The van der Waals surface area contributed by atoms with Crippen molar-refractivity contribution in [3.8, 4) is 0 Å². The molecule has 0 saturated heterocycles. The summed E-state index contributed by atoms with van der Waals surface area (Å²) < 4.78 is 0. The summed E-state index contributed by atoms with van der Waals surface area (Å²) in [5, 5.41) is 17.8. The molecule has 0 aliphatic rings. The Kier molecular flexibility index (Phi) is 2.98. The van der Waals surface area contributed by atoms with E-state index in [0.29, 0.717) is 6.54 Å². The second-order valence-corrected chi connectivity index (χ2v) is 4.79. The number of nitro groups is 1. The number of hydrogen-bond donors (Lipinski definition) is 1. The number of thiophene rings is 2. The van der Waals surface area contributed by atoms with Gasteiger partial charge in [-0.3, -0.25) is 10.1 Å². The molecular weight excluding hydrogens is 232 g/mol. The second-order valence-electron chi connectivity index (χ2n) is 2.86. The highest BCUT2D eigenvalue weighted by Gasteiger charge is 2.08. The fraction of sp³-hybridized carbons (Fsp3) is 0.111. The molecule has 0 radical (unpaired) electrons. The molecule has 0 aromatic carbocycles. The molecule has 15 heavy (non-hydrogen) atoms. The highest BCUT2D eigenvalue weighted by molar-refractivity contribution is 7.15. The van der Waals surface area contributed by atoms with Gasteiger partial charge in [0.2, 0.25) is 0 Å². The fourth-order valence-corrected chi connectivity index (χ4v) is 2.49. The zero-order valence-electron chi connectivity index (χ0n) is 7.67. The first-order valence-electron chi connectivity index (χ1n) is 4.25. The van der Waals surface area contributed by atoms with E-state index in [1.807, 2.05) is 16.8 Å². The third-order valence-corrected chi connectivity index (χ3v) is 3.54. The lowest BCUT2D eigenvalue weighted by Crippen LogP contribution is -1.94. The summed E-state index contributed by atoms with van der Waals surface area (Å²) in [6, 6.07) is 5.30. The Morgan fingerprint density at radius 2 is 2.27 bits per heavy atom. The molecule has 0 unspecified atom stereocenters. The molecular formula is C9H8N2O2S2. The van der Waals surface area contributed by atoms with Crippen molar-refractivity contribution < 1.29 is 4.92 Å². The van der Waals surface area contributed by atoms with Crippen molar-refractivity contribution in [2.45, 2.75) is 6.54 Å². The number of hydrogen-bond acceptors (Lipinski definition) is 5. The lowest BCUT2D eigenvalue weighted by Gasteiger charge is -1.99. The number of rotatable bonds is 4. The average molecular weight is 240 g/mol. The molecule has 0 saturated carbocycles. The molecule has 2 rings (SSSR count). The van der Waals surface area contributed by atoms with E-state index in [2.05, 4.69) is 5.32 Å². The number of anilines is 1. The van der Waals surface area contributed by atoms with Crippen molar-refractivity contribution in [1.29, 1.82) is 0 Å². The smallest absolute Gasteiger partial charge is 0.324 e. The Hall–Kier alpha value is -1.40. The van der Waals surface area contributed by atoms with Crippen LogP contribution in [-0.4, -0.2) is 4.92 Å². The van der Waals surface area contributed by atoms with Crippen LogP contribution in [0.1, 0.15) is 4.88 Å². The lowest BCUT2D eigenvalue weighted by molar-refractivity contribution is -0.380. The van der Waals surface area contributed by atoms with Crippen molar-refractivity contribution in [1.82, 2.24) is 0 Å². The zero-order chi connectivity index (χ0) is 10.7. The van der Waals surface area contributed by atoms with Gasteiger partial charge in [0.15, 0.2) is 0 Å². The van der Waals surface area contributed by atoms with Gasteiger partial charge in [-0.1, -0.05) is 11.3 Å². The Morgan fingerprint density at radius 3 is 2.87 bits per heavy atom. The molecule has 0 aliphatic heterocycles. The summed E-state index contributed by atoms with van der Waals surface area (Å²) in [6.07, 6.45) is 0. The molecule has 78 valence electrons. The monoisotopic (exact) mass is 240 g/mol. The van der Waals surface area contributed by atoms with Gasteiger partial charge in [0.05, 0.1) is 4.92 Å². The van der Waals surface area contributed by atoms with Crippen LogP contribution in [0.4, 0.5) is 10.7 Å². The van der Waals surface area contributed by atoms with Crippen LogP contribution in [0.2, 0.25) is 0 Å². The first-order valence-corrected chi connectivity index (χ1v) is 6.01. The second kappa shape index (κ2) is 4.41. The first kappa shape index (κ1) is 10.1. The number of nitrogens with zero attached hydrogens (tertiary/aromatic N) is 1. The topological polar surface area (TPSA) is 55.2 Å². The predicted octanol–water partition coefficient (Wildman–Crippen LogP) is 3.33. The zero-order valence-corrected chi connectivity index (χ0v) is 9.31. The molecule has 2 aromatic heterocycles. The van der Waals surface area contributed by atoms with Gasteiger partial charge in [-0.05, 0) is 17.5 Å². The first-order chi connectivity index (χ1) is 7.25. The van der Waals surface area contributed by atoms with Crippen molar-refractivity contribution in [2.24, 2.45) is 0 Å². The lowest BCUT2D eigenvalue weighted by atomic mass is 10.4. The van der Waals surface area contributed by atoms with Gasteiger partial charge in [-0.15, -0.1) is 0 Å². The van der Waals surface area contributed by atoms with E-state index in [4.69, 9.17) is 0 Å². The van der Waals surface area contributed by atoms with Crippen LogP contribution in [0.5, 0.6) is 0 Å². The number of nitrogens with one attached hydrogen (secondary N) is 1. The molecule has 2 aromatic rings. The van der Waals surface area contributed by atoms with E-state index in [-0.39, 0.29) is 9.92 Å². The van der Waals surface area contributed by atoms with Crippen LogP contribution in [0.25, 0.3) is 0 Å². The molecule has 1 N–H and O–H groups in total. The van der Waals surface area contributed by atoms with E-state index in [1.165, 1.54) is 17.4 Å². The van der Waals surface area contributed by atoms with Crippen molar-refractivity contribution >= 4 is 33.4 Å². The molecule has 0 spiro atoms. The SMILES string of the molecule is O=[N+]([O-])c1ccc(CNc2ccsc2)s1. The van der Waals surface area contributed by atoms with Gasteiger partial charge in [-0.25, -0.2) is 0 Å². The minimum atomic E-state index is -0.362. The molecule has 0 atom stereocenters. The standard InChI is InChI=1S/C9H8N2O2S2/c12-11(13)9-2-1-8(15-9)5-10-7-3-4-14-6-7/h1-4,6,10H,5H2. The van der Waals surface area contributed by atoms with E-state index in [0.717, 1.165) is 10.6 Å². The highest BCUT2D eigenvalue weighted by Crippen LogP contribution is 2.24. The van der Waals surface area contributed by atoms with E-state index < -0.39 is 0 Å². The van der Waals surface area contributed by atoms with Gasteiger partial charge in [0.1, 0.15) is 0 Å². The van der Waals surface area contributed by atoms with Gasteiger partial charge in [-0.2, -0.15) is 11.3 Å². The Morgan fingerprint density at radius 1 is 1.40 bits per heavy atom. The minimum absolute atomic E-state index is 0.192. The maximum Gasteiger partial charge on any atom is 0.324 e. The van der Waals surface area contributed by atoms with Crippen LogP contribution in [0.3, 0.4) is 0 Å². The highest BCUT2D eigenvalue weighted by atomic mass is 32.1. The molecule has 0 aliphatic carbocycles. The summed E-state index contributed by atoms with van der Waals surface area (Å²) in [5.74, 6) is 0. The Labute approximate surface area is 94.3 Å². The summed E-state index contributed by atoms with van der Waals surface area (Å²) in [4.78, 5) is 11.0. The maximum atomic E-state index is 10.4.